The van der Waals surface area contributed by atoms with E-state index in [2.05, 4.69) is 26.6 Å². The first kappa shape index (κ1) is 17.4. The number of nitrogens with one attached hydrogen (secondary N) is 1. The molecule has 4 heterocycles. The number of aromatic nitrogens is 5. The molecule has 4 aromatic heterocycles. The number of amides is 1. The van der Waals surface area contributed by atoms with Crippen molar-refractivity contribution in [3.63, 3.8) is 0 Å². The van der Waals surface area contributed by atoms with E-state index in [1.807, 2.05) is 42.1 Å². The molecule has 138 valence electrons. The maximum Gasteiger partial charge on any atom is 0.256 e. The highest BCUT2D eigenvalue weighted by atomic mass is 32.1. The number of nitrogens with zero attached hydrogens (tertiary/aromatic N) is 5. The summed E-state index contributed by atoms with van der Waals surface area (Å²) in [6, 6.07) is 7.97. The summed E-state index contributed by atoms with van der Waals surface area (Å²) >= 11 is 1.63. The predicted octanol–water partition coefficient (Wildman–Crippen LogP) is 3.09. The molecule has 0 aromatic carbocycles. The lowest BCUT2D eigenvalue weighted by molar-refractivity contribution is 0.0954. The fourth-order valence-electron chi connectivity index (χ4n) is 3.09. The summed E-state index contributed by atoms with van der Waals surface area (Å²) in [5, 5.41) is 13.8. The third-order valence-corrected chi connectivity index (χ3v) is 5.25. The lowest BCUT2D eigenvalue weighted by Gasteiger charge is -2.06. The zero-order chi connectivity index (χ0) is 18.8. The van der Waals surface area contributed by atoms with Crippen LogP contribution in [0.4, 0.5) is 0 Å². The molecule has 0 saturated heterocycles. The van der Waals surface area contributed by atoms with Crippen LogP contribution < -0.4 is 5.32 Å². The van der Waals surface area contributed by atoms with Crippen molar-refractivity contribution >= 4 is 22.9 Å². The summed E-state index contributed by atoms with van der Waals surface area (Å²) in [5.74, 6) is -0.158. The second kappa shape index (κ2) is 7.32. The zero-order valence-electron chi connectivity index (χ0n) is 15.2. The SMILES string of the molecule is Cc1cc(C)n(CCCNC(=O)c2cnn3c(-c4cccs4)ccnc23)n1. The Bertz CT molecular complexity index is 1080. The van der Waals surface area contributed by atoms with E-state index in [9.17, 15) is 4.79 Å². The highest BCUT2D eigenvalue weighted by Crippen LogP contribution is 2.25. The number of thiophene rings is 1. The van der Waals surface area contributed by atoms with Gasteiger partial charge in [-0.3, -0.25) is 9.48 Å². The van der Waals surface area contributed by atoms with Crippen molar-refractivity contribution in [1.29, 1.82) is 0 Å². The van der Waals surface area contributed by atoms with E-state index in [-0.39, 0.29) is 5.91 Å². The van der Waals surface area contributed by atoms with E-state index < -0.39 is 0 Å². The Labute approximate surface area is 160 Å². The Morgan fingerprint density at radius 3 is 2.93 bits per heavy atom. The van der Waals surface area contributed by atoms with Crippen LogP contribution in [0.1, 0.15) is 28.2 Å². The number of carbonyl (C=O) groups is 1. The molecule has 27 heavy (non-hydrogen) atoms. The van der Waals surface area contributed by atoms with E-state index in [1.165, 1.54) is 0 Å². The third-order valence-electron chi connectivity index (χ3n) is 4.36. The van der Waals surface area contributed by atoms with E-state index in [1.54, 1.807) is 28.2 Å². The largest absolute Gasteiger partial charge is 0.352 e. The summed E-state index contributed by atoms with van der Waals surface area (Å²) in [6.07, 6.45) is 4.10. The molecular weight excluding hydrogens is 360 g/mol. The molecule has 0 aliphatic heterocycles. The fourth-order valence-corrected chi connectivity index (χ4v) is 3.83. The van der Waals surface area contributed by atoms with Crippen LogP contribution in [0.25, 0.3) is 16.2 Å². The van der Waals surface area contributed by atoms with Crippen molar-refractivity contribution in [3.8, 4) is 10.6 Å². The Morgan fingerprint density at radius 2 is 2.19 bits per heavy atom. The van der Waals surface area contributed by atoms with Gasteiger partial charge >= 0.3 is 0 Å². The molecule has 1 amide bonds. The molecule has 0 unspecified atom stereocenters. The summed E-state index contributed by atoms with van der Waals surface area (Å²) in [5.41, 5.74) is 4.12. The number of aryl methyl sites for hydroxylation is 3. The monoisotopic (exact) mass is 380 g/mol. The van der Waals surface area contributed by atoms with Crippen LogP contribution in [0.15, 0.2) is 42.0 Å². The number of hydrogen-bond acceptors (Lipinski definition) is 5. The van der Waals surface area contributed by atoms with Gasteiger partial charge in [0.1, 0.15) is 5.56 Å². The molecule has 0 fully saturated rings. The van der Waals surface area contributed by atoms with E-state index in [0.29, 0.717) is 17.8 Å². The molecule has 4 aromatic rings. The van der Waals surface area contributed by atoms with Gasteiger partial charge in [0, 0.05) is 25.0 Å². The molecule has 0 spiro atoms. The van der Waals surface area contributed by atoms with Gasteiger partial charge < -0.3 is 5.32 Å². The minimum Gasteiger partial charge on any atom is -0.352 e. The van der Waals surface area contributed by atoms with Crippen LogP contribution >= 0.6 is 11.3 Å². The Balaban J connectivity index is 1.44. The van der Waals surface area contributed by atoms with E-state index in [0.717, 1.165) is 34.9 Å². The third kappa shape index (κ3) is 3.48. The minimum atomic E-state index is -0.158. The predicted molar refractivity (Wildman–Crippen MR) is 105 cm³/mol. The van der Waals surface area contributed by atoms with Gasteiger partial charge in [0.25, 0.3) is 5.91 Å². The van der Waals surface area contributed by atoms with Crippen LogP contribution in [0, 0.1) is 13.8 Å². The summed E-state index contributed by atoms with van der Waals surface area (Å²) in [4.78, 5) is 18.0. The van der Waals surface area contributed by atoms with Gasteiger partial charge in [-0.05, 0) is 43.8 Å². The molecule has 8 heteroatoms. The summed E-state index contributed by atoms with van der Waals surface area (Å²) in [7, 11) is 0. The number of hydrogen-bond donors (Lipinski definition) is 1. The van der Waals surface area contributed by atoms with Gasteiger partial charge in [-0.25, -0.2) is 9.50 Å². The Morgan fingerprint density at radius 1 is 1.30 bits per heavy atom. The molecular formula is C19H20N6OS. The van der Waals surface area contributed by atoms with Gasteiger partial charge in [0.2, 0.25) is 0 Å². The van der Waals surface area contributed by atoms with Crippen LogP contribution in [-0.2, 0) is 6.54 Å². The topological polar surface area (TPSA) is 77.1 Å². The van der Waals surface area contributed by atoms with Gasteiger partial charge in [-0.1, -0.05) is 6.07 Å². The fraction of sp³-hybridized carbons (Fsp3) is 0.263. The smallest absolute Gasteiger partial charge is 0.256 e. The molecule has 0 aliphatic carbocycles. The van der Waals surface area contributed by atoms with Crippen LogP contribution in [0.5, 0.6) is 0 Å². The highest BCUT2D eigenvalue weighted by molar-refractivity contribution is 7.13. The van der Waals surface area contributed by atoms with Crippen molar-refractivity contribution in [2.75, 3.05) is 6.54 Å². The first-order valence-electron chi connectivity index (χ1n) is 8.79. The summed E-state index contributed by atoms with van der Waals surface area (Å²) < 4.78 is 3.68. The lowest BCUT2D eigenvalue weighted by Crippen LogP contribution is -2.25. The van der Waals surface area contributed by atoms with Crippen molar-refractivity contribution < 1.29 is 4.79 Å². The average Bonchev–Trinajstić information content (AvgIpc) is 3.38. The Kier molecular flexibility index (Phi) is 4.72. The van der Waals surface area contributed by atoms with Gasteiger partial charge in [-0.15, -0.1) is 11.3 Å². The van der Waals surface area contributed by atoms with E-state index in [4.69, 9.17) is 0 Å². The van der Waals surface area contributed by atoms with Crippen LogP contribution in [0.3, 0.4) is 0 Å². The Hall–Kier alpha value is -3.00. The molecule has 4 rings (SSSR count). The standard InChI is InChI=1S/C19H20N6OS/c1-13-11-14(2)24(23-13)9-4-7-21-19(26)15-12-22-25-16(6-8-20-18(15)25)17-5-3-10-27-17/h3,5-6,8,10-12H,4,7,9H2,1-2H3,(H,21,26). The quantitative estimate of drug-likeness (QED) is 0.522. The van der Waals surface area contributed by atoms with Crippen molar-refractivity contribution in [1.82, 2.24) is 29.7 Å². The average molecular weight is 380 g/mol. The van der Waals surface area contributed by atoms with Crippen molar-refractivity contribution in [2.24, 2.45) is 0 Å². The number of rotatable bonds is 6. The van der Waals surface area contributed by atoms with Crippen LogP contribution in [0.2, 0.25) is 0 Å². The van der Waals surface area contributed by atoms with Gasteiger partial charge in [0.15, 0.2) is 5.65 Å². The number of fused-ring (bicyclic) bond motifs is 1. The molecule has 0 aliphatic rings. The lowest BCUT2D eigenvalue weighted by atomic mass is 10.3. The second-order valence-electron chi connectivity index (χ2n) is 6.36. The maximum atomic E-state index is 12.6. The van der Waals surface area contributed by atoms with Crippen molar-refractivity contribution in [3.05, 3.63) is 59.0 Å². The van der Waals surface area contributed by atoms with Gasteiger partial charge in [-0.2, -0.15) is 10.2 Å². The normalized spacial score (nSPS) is 11.2. The first-order valence-corrected chi connectivity index (χ1v) is 9.67. The molecule has 1 N–H and O–H groups in total. The zero-order valence-corrected chi connectivity index (χ0v) is 16.0. The summed E-state index contributed by atoms with van der Waals surface area (Å²) in [6.45, 7) is 5.36. The second-order valence-corrected chi connectivity index (χ2v) is 7.31. The molecule has 0 bridgehead atoms. The minimum absolute atomic E-state index is 0.158. The van der Waals surface area contributed by atoms with Crippen LogP contribution in [-0.4, -0.2) is 36.8 Å². The maximum absolute atomic E-state index is 12.6. The number of carbonyl (C=O) groups excluding carboxylic acids is 1. The molecule has 0 atom stereocenters. The molecule has 0 radical (unpaired) electrons. The first-order chi connectivity index (χ1) is 13.1. The van der Waals surface area contributed by atoms with E-state index >= 15 is 0 Å². The van der Waals surface area contributed by atoms with Gasteiger partial charge in [0.05, 0.1) is 22.5 Å². The highest BCUT2D eigenvalue weighted by Gasteiger charge is 2.16. The molecule has 0 saturated carbocycles. The van der Waals surface area contributed by atoms with Crippen molar-refractivity contribution in [2.45, 2.75) is 26.8 Å². The molecule has 7 nitrogen and oxygen atoms in total.